The smallest absolute Gasteiger partial charge is 0.254 e. The van der Waals surface area contributed by atoms with Gasteiger partial charge < -0.3 is 20.7 Å². The molecule has 0 bridgehead atoms. The van der Waals surface area contributed by atoms with Crippen LogP contribution in [0.25, 0.3) is 0 Å². The zero-order valence-corrected chi connectivity index (χ0v) is 14.8. The lowest BCUT2D eigenvalue weighted by molar-refractivity contribution is 0.0655. The van der Waals surface area contributed by atoms with Crippen molar-refractivity contribution in [2.45, 2.75) is 19.6 Å². The van der Waals surface area contributed by atoms with Crippen LogP contribution in [0.3, 0.4) is 0 Å². The molecule has 1 aliphatic rings. The molecule has 3 N–H and O–H groups in total. The maximum absolute atomic E-state index is 12.8. The molecule has 2 aromatic rings. The number of ether oxygens (including phenoxy) is 1. The highest BCUT2D eigenvalue weighted by atomic mass is 16.5. The highest BCUT2D eigenvalue weighted by Crippen LogP contribution is 2.19. The van der Waals surface area contributed by atoms with Crippen molar-refractivity contribution in [3.8, 4) is 5.75 Å². The van der Waals surface area contributed by atoms with Gasteiger partial charge in [-0.2, -0.15) is 0 Å². The molecule has 26 heavy (non-hydrogen) atoms. The number of nitrogens with two attached hydrogens (primary N) is 1. The van der Waals surface area contributed by atoms with Gasteiger partial charge in [-0.05, 0) is 36.8 Å². The van der Waals surface area contributed by atoms with E-state index in [1.807, 2.05) is 36.1 Å². The fourth-order valence-electron chi connectivity index (χ4n) is 3.06. The Morgan fingerprint density at radius 2 is 2.04 bits per heavy atom. The summed E-state index contributed by atoms with van der Waals surface area (Å²) in [6, 6.07) is 14.4. The first kappa shape index (κ1) is 17.9. The minimum absolute atomic E-state index is 0.0263. The third-order valence-electron chi connectivity index (χ3n) is 4.48. The zero-order chi connectivity index (χ0) is 18.5. The van der Waals surface area contributed by atoms with Crippen LogP contribution in [-0.4, -0.2) is 42.4 Å². The molecule has 0 aromatic heterocycles. The van der Waals surface area contributed by atoms with Crippen molar-refractivity contribution in [2.24, 2.45) is 5.73 Å². The Balaban J connectivity index is 1.72. The molecule has 1 heterocycles. The summed E-state index contributed by atoms with van der Waals surface area (Å²) in [5.41, 5.74) is 7.21. The highest BCUT2D eigenvalue weighted by Gasteiger charge is 2.24. The normalized spacial score (nSPS) is 17.0. The fraction of sp³-hybridized carbons (Fsp3) is 0.300. The number of piperazine rings is 1. The third-order valence-corrected chi connectivity index (χ3v) is 4.48. The summed E-state index contributed by atoms with van der Waals surface area (Å²) in [5.74, 6) is -0.0666. The standard InChI is InChI=1S/C20H23N3O3/c1-14-12-22-9-10-23(14)20(25)16-6-4-5-15(11-16)13-26-18-8-3-2-7-17(18)19(21)24/h2-8,11,14,22H,9-10,12-13H2,1H3,(H2,21,24). The molecule has 0 aliphatic carbocycles. The number of amides is 2. The molecule has 1 aliphatic heterocycles. The van der Waals surface area contributed by atoms with Gasteiger partial charge >= 0.3 is 0 Å². The molecule has 0 radical (unpaired) electrons. The van der Waals surface area contributed by atoms with Gasteiger partial charge in [0.15, 0.2) is 0 Å². The molecule has 3 rings (SSSR count). The second-order valence-electron chi connectivity index (χ2n) is 6.40. The van der Waals surface area contributed by atoms with Gasteiger partial charge in [-0.3, -0.25) is 9.59 Å². The lowest BCUT2D eigenvalue weighted by Crippen LogP contribution is -2.52. The van der Waals surface area contributed by atoms with E-state index in [9.17, 15) is 9.59 Å². The Morgan fingerprint density at radius 3 is 2.81 bits per heavy atom. The summed E-state index contributed by atoms with van der Waals surface area (Å²) in [7, 11) is 0. The molecule has 1 atom stereocenters. The second kappa shape index (κ2) is 8.01. The SMILES string of the molecule is CC1CNCCN1C(=O)c1cccc(COc2ccccc2C(N)=O)c1. The van der Waals surface area contributed by atoms with Gasteiger partial charge in [-0.1, -0.05) is 24.3 Å². The third kappa shape index (κ3) is 4.03. The first-order valence-electron chi connectivity index (χ1n) is 8.68. The van der Waals surface area contributed by atoms with Crippen LogP contribution in [0.5, 0.6) is 5.75 Å². The van der Waals surface area contributed by atoms with E-state index in [-0.39, 0.29) is 18.6 Å². The topological polar surface area (TPSA) is 84.7 Å². The van der Waals surface area contributed by atoms with E-state index < -0.39 is 5.91 Å². The van der Waals surface area contributed by atoms with Crippen LogP contribution >= 0.6 is 0 Å². The second-order valence-corrected chi connectivity index (χ2v) is 6.40. The molecule has 2 amide bonds. The number of para-hydroxylation sites is 1. The largest absolute Gasteiger partial charge is 0.488 e. The minimum Gasteiger partial charge on any atom is -0.488 e. The van der Waals surface area contributed by atoms with Gasteiger partial charge in [0.1, 0.15) is 12.4 Å². The fourth-order valence-corrected chi connectivity index (χ4v) is 3.06. The maximum Gasteiger partial charge on any atom is 0.254 e. The number of rotatable bonds is 5. The number of primary amides is 1. The molecule has 1 fully saturated rings. The van der Waals surface area contributed by atoms with Crippen molar-refractivity contribution in [3.05, 3.63) is 65.2 Å². The Kier molecular flexibility index (Phi) is 5.53. The number of benzene rings is 2. The quantitative estimate of drug-likeness (QED) is 0.858. The number of carbonyl (C=O) groups excluding carboxylic acids is 2. The maximum atomic E-state index is 12.8. The van der Waals surface area contributed by atoms with E-state index in [0.29, 0.717) is 23.4 Å². The lowest BCUT2D eigenvalue weighted by atomic mass is 10.1. The number of hydrogen-bond donors (Lipinski definition) is 2. The highest BCUT2D eigenvalue weighted by molar-refractivity contribution is 5.95. The van der Waals surface area contributed by atoms with E-state index in [1.165, 1.54) is 0 Å². The molecule has 6 heteroatoms. The molecule has 6 nitrogen and oxygen atoms in total. The van der Waals surface area contributed by atoms with Crippen molar-refractivity contribution < 1.29 is 14.3 Å². The van der Waals surface area contributed by atoms with Gasteiger partial charge in [0.2, 0.25) is 0 Å². The summed E-state index contributed by atoms with van der Waals surface area (Å²) in [5, 5.41) is 3.28. The van der Waals surface area contributed by atoms with Gasteiger partial charge in [0.05, 0.1) is 5.56 Å². The first-order valence-corrected chi connectivity index (χ1v) is 8.68. The molecule has 136 valence electrons. The molecule has 1 saturated heterocycles. The van der Waals surface area contributed by atoms with Gasteiger partial charge in [0, 0.05) is 31.2 Å². The van der Waals surface area contributed by atoms with E-state index >= 15 is 0 Å². The van der Waals surface area contributed by atoms with Crippen molar-refractivity contribution in [3.63, 3.8) is 0 Å². The molecule has 1 unspecified atom stereocenters. The van der Waals surface area contributed by atoms with E-state index in [1.54, 1.807) is 24.3 Å². The van der Waals surface area contributed by atoms with E-state index in [4.69, 9.17) is 10.5 Å². The van der Waals surface area contributed by atoms with Crippen molar-refractivity contribution in [1.29, 1.82) is 0 Å². The average molecular weight is 353 g/mol. The molecule has 0 spiro atoms. The molecule has 0 saturated carbocycles. The van der Waals surface area contributed by atoms with Crippen LogP contribution in [0.4, 0.5) is 0 Å². The van der Waals surface area contributed by atoms with Crippen LogP contribution in [0.1, 0.15) is 33.2 Å². The molecule has 2 aromatic carbocycles. The summed E-state index contributed by atoms with van der Waals surface area (Å²) < 4.78 is 5.75. The predicted octanol–water partition coefficient (Wildman–Crippen LogP) is 1.80. The lowest BCUT2D eigenvalue weighted by Gasteiger charge is -2.34. The van der Waals surface area contributed by atoms with Crippen LogP contribution in [0.2, 0.25) is 0 Å². The van der Waals surface area contributed by atoms with Gasteiger partial charge in [-0.25, -0.2) is 0 Å². The number of hydrogen-bond acceptors (Lipinski definition) is 4. The molecular formula is C20H23N3O3. The number of nitrogens with zero attached hydrogens (tertiary/aromatic N) is 1. The Labute approximate surface area is 152 Å². The van der Waals surface area contributed by atoms with Gasteiger partial charge in [-0.15, -0.1) is 0 Å². The summed E-state index contributed by atoms with van der Waals surface area (Å²) >= 11 is 0. The van der Waals surface area contributed by atoms with Crippen molar-refractivity contribution in [2.75, 3.05) is 19.6 Å². The predicted molar refractivity (Wildman–Crippen MR) is 99.1 cm³/mol. The number of nitrogens with one attached hydrogen (secondary N) is 1. The Hall–Kier alpha value is -2.86. The first-order chi connectivity index (χ1) is 12.6. The average Bonchev–Trinajstić information content (AvgIpc) is 2.66. The van der Waals surface area contributed by atoms with E-state index in [0.717, 1.165) is 18.7 Å². The van der Waals surface area contributed by atoms with Gasteiger partial charge in [0.25, 0.3) is 11.8 Å². The van der Waals surface area contributed by atoms with Crippen molar-refractivity contribution >= 4 is 11.8 Å². The number of carbonyl (C=O) groups is 2. The summed E-state index contributed by atoms with van der Waals surface area (Å²) in [6.07, 6.45) is 0. The molecular weight excluding hydrogens is 330 g/mol. The summed E-state index contributed by atoms with van der Waals surface area (Å²) in [6.45, 7) is 4.61. The van der Waals surface area contributed by atoms with Crippen LogP contribution in [0.15, 0.2) is 48.5 Å². The monoisotopic (exact) mass is 353 g/mol. The van der Waals surface area contributed by atoms with Crippen molar-refractivity contribution in [1.82, 2.24) is 10.2 Å². The van der Waals surface area contributed by atoms with Crippen LogP contribution < -0.4 is 15.8 Å². The van der Waals surface area contributed by atoms with E-state index in [2.05, 4.69) is 5.32 Å². The van der Waals surface area contributed by atoms with Crippen LogP contribution in [0, 0.1) is 0 Å². The van der Waals surface area contributed by atoms with Crippen LogP contribution in [-0.2, 0) is 6.61 Å². The minimum atomic E-state index is -0.530. The Bertz CT molecular complexity index is 806. The zero-order valence-electron chi connectivity index (χ0n) is 14.8. The Morgan fingerprint density at radius 1 is 1.23 bits per heavy atom. The summed E-state index contributed by atoms with van der Waals surface area (Å²) in [4.78, 5) is 26.1.